The molecule has 1 amide bonds. The average molecular weight is 369 g/mol. The van der Waals surface area contributed by atoms with E-state index in [1.165, 1.54) is 23.8 Å². The van der Waals surface area contributed by atoms with Crippen LogP contribution in [-0.4, -0.2) is 21.0 Å². The van der Waals surface area contributed by atoms with Crippen molar-refractivity contribution >= 4 is 29.0 Å². The van der Waals surface area contributed by atoms with Gasteiger partial charge < -0.3 is 10.3 Å². The molecule has 1 heterocycles. The largest absolute Gasteiger partial charge is 0.347 e. The Morgan fingerprint density at radius 1 is 1.19 bits per heavy atom. The molecule has 0 unspecified atom stereocenters. The Kier molecular flexibility index (Phi) is 3.45. The fourth-order valence-corrected chi connectivity index (χ4v) is 6.22. The lowest BCUT2D eigenvalue weighted by Crippen LogP contribution is -2.59. The van der Waals surface area contributed by atoms with Gasteiger partial charge in [0.15, 0.2) is 4.77 Å². The highest BCUT2D eigenvalue weighted by molar-refractivity contribution is 7.71. The maximum atomic E-state index is 13.0. The Balaban J connectivity index is 1.47. The standard InChI is InChI=1S/C20H23N3O2S/c1-23-18(25)15-3-2-14(7-16(15)21-19(23)26)17(24)22-20-8-11-4-12(9-20)6-13(5-11)10-20/h2-3,7,11-13H,4-6,8-10H2,1H3,(H,21,26)(H,22,24). The number of hydrogen-bond donors (Lipinski definition) is 2. The molecule has 4 aliphatic carbocycles. The summed E-state index contributed by atoms with van der Waals surface area (Å²) in [6, 6.07) is 5.22. The number of amides is 1. The summed E-state index contributed by atoms with van der Waals surface area (Å²) in [6.07, 6.45) is 7.44. The summed E-state index contributed by atoms with van der Waals surface area (Å²) in [5, 5.41) is 3.93. The van der Waals surface area contributed by atoms with Crippen molar-refractivity contribution in [3.63, 3.8) is 0 Å². The molecule has 4 fully saturated rings. The molecule has 4 bridgehead atoms. The number of fused-ring (bicyclic) bond motifs is 1. The predicted octanol–water partition coefficient (Wildman–Crippen LogP) is 3.29. The molecule has 0 atom stereocenters. The van der Waals surface area contributed by atoms with Crippen LogP contribution in [0.4, 0.5) is 0 Å². The first kappa shape index (κ1) is 16.2. The lowest BCUT2D eigenvalue weighted by atomic mass is 9.53. The summed E-state index contributed by atoms with van der Waals surface area (Å²) in [4.78, 5) is 28.3. The lowest BCUT2D eigenvalue weighted by Gasteiger charge is -2.56. The van der Waals surface area contributed by atoms with Crippen LogP contribution in [0, 0.1) is 22.5 Å². The Morgan fingerprint density at radius 3 is 2.42 bits per heavy atom. The van der Waals surface area contributed by atoms with Gasteiger partial charge >= 0.3 is 0 Å². The van der Waals surface area contributed by atoms with E-state index >= 15 is 0 Å². The predicted molar refractivity (Wildman–Crippen MR) is 103 cm³/mol. The van der Waals surface area contributed by atoms with Gasteiger partial charge in [0.25, 0.3) is 11.5 Å². The maximum absolute atomic E-state index is 13.0. The minimum absolute atomic E-state index is 0.0134. The van der Waals surface area contributed by atoms with Crippen molar-refractivity contribution in [1.29, 1.82) is 0 Å². The summed E-state index contributed by atoms with van der Waals surface area (Å²) in [6.45, 7) is 0. The van der Waals surface area contributed by atoms with Gasteiger partial charge in [-0.25, -0.2) is 0 Å². The van der Waals surface area contributed by atoms with Crippen molar-refractivity contribution in [3.05, 3.63) is 38.9 Å². The van der Waals surface area contributed by atoms with E-state index in [0.717, 1.165) is 37.0 Å². The summed E-state index contributed by atoms with van der Waals surface area (Å²) >= 11 is 5.19. The van der Waals surface area contributed by atoms with Crippen LogP contribution in [0.5, 0.6) is 0 Å². The van der Waals surface area contributed by atoms with Gasteiger partial charge in [-0.05, 0) is 86.7 Å². The first-order valence-electron chi connectivity index (χ1n) is 9.48. The molecular weight excluding hydrogens is 346 g/mol. The fourth-order valence-electron chi connectivity index (χ4n) is 6.02. The van der Waals surface area contributed by atoms with Crippen molar-refractivity contribution < 1.29 is 4.79 Å². The van der Waals surface area contributed by atoms with Crippen LogP contribution >= 0.6 is 12.2 Å². The number of rotatable bonds is 2. The highest BCUT2D eigenvalue weighted by Crippen LogP contribution is 2.55. The van der Waals surface area contributed by atoms with E-state index in [9.17, 15) is 9.59 Å². The monoisotopic (exact) mass is 369 g/mol. The zero-order chi connectivity index (χ0) is 18.1. The van der Waals surface area contributed by atoms with Crippen LogP contribution in [0.15, 0.2) is 23.0 Å². The number of benzene rings is 1. The molecule has 1 aromatic carbocycles. The van der Waals surface area contributed by atoms with Crippen molar-refractivity contribution in [2.45, 2.75) is 44.1 Å². The van der Waals surface area contributed by atoms with Crippen molar-refractivity contribution in [3.8, 4) is 0 Å². The molecular formula is C20H23N3O2S. The average Bonchev–Trinajstić information content (AvgIpc) is 2.57. The number of aromatic nitrogens is 2. The summed E-state index contributed by atoms with van der Waals surface area (Å²) in [5.74, 6) is 2.33. The summed E-state index contributed by atoms with van der Waals surface area (Å²) in [7, 11) is 1.65. The third kappa shape index (κ3) is 2.46. The molecule has 4 aliphatic rings. The normalized spacial score (nSPS) is 32.1. The zero-order valence-electron chi connectivity index (χ0n) is 14.9. The number of carbonyl (C=O) groups excluding carboxylic acids is 1. The lowest BCUT2D eigenvalue weighted by molar-refractivity contribution is -0.0167. The molecule has 4 saturated carbocycles. The number of carbonyl (C=O) groups is 1. The molecule has 136 valence electrons. The van der Waals surface area contributed by atoms with Crippen LogP contribution in [0.1, 0.15) is 48.9 Å². The highest BCUT2D eigenvalue weighted by Gasteiger charge is 2.51. The summed E-state index contributed by atoms with van der Waals surface area (Å²) in [5.41, 5.74) is 1.06. The molecule has 5 nitrogen and oxygen atoms in total. The number of nitrogens with zero attached hydrogens (tertiary/aromatic N) is 1. The van der Waals surface area contributed by atoms with Crippen LogP contribution in [0.3, 0.4) is 0 Å². The van der Waals surface area contributed by atoms with Gasteiger partial charge in [-0.2, -0.15) is 0 Å². The molecule has 1 aromatic heterocycles. The fraction of sp³-hybridized carbons (Fsp3) is 0.550. The topological polar surface area (TPSA) is 66.9 Å². The van der Waals surface area contributed by atoms with E-state index in [4.69, 9.17) is 12.2 Å². The second-order valence-corrected chi connectivity index (χ2v) is 9.09. The van der Waals surface area contributed by atoms with Gasteiger partial charge in [-0.3, -0.25) is 14.2 Å². The van der Waals surface area contributed by atoms with Gasteiger partial charge in [0.05, 0.1) is 10.9 Å². The molecule has 2 aromatic rings. The first-order chi connectivity index (χ1) is 12.4. The van der Waals surface area contributed by atoms with E-state index in [-0.39, 0.29) is 17.0 Å². The Hall–Kier alpha value is -1.95. The molecule has 0 spiro atoms. The minimum atomic E-state index is -0.142. The van der Waals surface area contributed by atoms with Crippen molar-refractivity contribution in [1.82, 2.24) is 14.9 Å². The third-order valence-corrected chi connectivity index (χ3v) is 7.16. The van der Waals surface area contributed by atoms with Crippen molar-refractivity contribution in [2.75, 3.05) is 0 Å². The molecule has 26 heavy (non-hydrogen) atoms. The third-order valence-electron chi connectivity index (χ3n) is 6.78. The number of aromatic amines is 1. The Morgan fingerprint density at radius 2 is 1.81 bits per heavy atom. The second kappa shape index (κ2) is 5.52. The van der Waals surface area contributed by atoms with E-state index in [0.29, 0.717) is 21.2 Å². The second-order valence-electron chi connectivity index (χ2n) is 8.71. The number of H-pyrrole nitrogens is 1. The SMILES string of the molecule is Cn1c(=S)[nH]c2cc(C(=O)NC34CC5CC(CC(C5)C3)C4)ccc2c1=O. The Bertz CT molecular complexity index is 1000. The van der Waals surface area contributed by atoms with Crippen molar-refractivity contribution in [2.24, 2.45) is 24.8 Å². The quantitative estimate of drug-likeness (QED) is 0.798. The molecule has 6 rings (SSSR count). The maximum Gasteiger partial charge on any atom is 0.261 e. The molecule has 0 radical (unpaired) electrons. The van der Waals surface area contributed by atoms with E-state index < -0.39 is 0 Å². The van der Waals surface area contributed by atoms with E-state index in [1.54, 1.807) is 25.2 Å². The van der Waals surface area contributed by atoms with Gasteiger partial charge in [0.1, 0.15) is 0 Å². The zero-order valence-corrected chi connectivity index (χ0v) is 15.7. The molecule has 2 N–H and O–H groups in total. The van der Waals surface area contributed by atoms with Crippen LogP contribution < -0.4 is 10.9 Å². The van der Waals surface area contributed by atoms with Crippen LogP contribution in [-0.2, 0) is 7.05 Å². The van der Waals surface area contributed by atoms with E-state index in [2.05, 4.69) is 10.3 Å². The summed E-state index contributed by atoms with van der Waals surface area (Å²) < 4.78 is 1.77. The van der Waals surface area contributed by atoms with Crippen LogP contribution in [0.2, 0.25) is 0 Å². The van der Waals surface area contributed by atoms with Gasteiger partial charge in [0.2, 0.25) is 0 Å². The van der Waals surface area contributed by atoms with Gasteiger partial charge in [0, 0.05) is 18.2 Å². The van der Waals surface area contributed by atoms with Crippen LogP contribution in [0.25, 0.3) is 10.9 Å². The minimum Gasteiger partial charge on any atom is -0.347 e. The number of nitrogens with one attached hydrogen (secondary N) is 2. The van der Waals surface area contributed by atoms with Gasteiger partial charge in [-0.1, -0.05) is 0 Å². The highest BCUT2D eigenvalue weighted by atomic mass is 32.1. The Labute approximate surface area is 156 Å². The van der Waals surface area contributed by atoms with E-state index in [1.807, 2.05) is 0 Å². The molecule has 6 heteroatoms. The smallest absolute Gasteiger partial charge is 0.261 e. The number of hydrogen-bond acceptors (Lipinski definition) is 3. The first-order valence-corrected chi connectivity index (χ1v) is 9.89. The molecule has 0 aliphatic heterocycles. The van der Waals surface area contributed by atoms with Gasteiger partial charge in [-0.15, -0.1) is 0 Å². The molecule has 0 saturated heterocycles.